The van der Waals surface area contributed by atoms with E-state index in [2.05, 4.69) is 5.10 Å². The van der Waals surface area contributed by atoms with Gasteiger partial charge in [0, 0.05) is 0 Å². The molecule has 4 heteroatoms. The second-order valence-electron chi connectivity index (χ2n) is 4.74. The molecule has 1 aliphatic carbocycles. The van der Waals surface area contributed by atoms with E-state index in [1.807, 2.05) is 24.3 Å². The Hall–Kier alpha value is -1.84. The predicted molar refractivity (Wildman–Crippen MR) is 69.9 cm³/mol. The molecule has 94 valence electrons. The number of hydrogen-bond acceptors (Lipinski definition) is 3. The summed E-state index contributed by atoms with van der Waals surface area (Å²) in [6.07, 6.45) is 4.19. The first-order chi connectivity index (χ1) is 8.79. The van der Waals surface area contributed by atoms with E-state index in [9.17, 15) is 4.79 Å². The second kappa shape index (κ2) is 4.44. The number of ether oxygens (including phenoxy) is 1. The van der Waals surface area contributed by atoms with E-state index < -0.39 is 0 Å². The van der Waals surface area contributed by atoms with E-state index in [-0.39, 0.29) is 11.8 Å². The molecule has 4 nitrogen and oxygen atoms in total. The number of carbonyl (C=O) groups excluding carboxylic acids is 1. The maximum Gasteiger partial charge on any atom is 0.256 e. The lowest BCUT2D eigenvalue weighted by molar-refractivity contribution is -0.120. The Morgan fingerprint density at radius 2 is 2.06 bits per heavy atom. The molecule has 1 aromatic rings. The first-order valence-electron chi connectivity index (χ1n) is 6.35. The molecule has 2 aliphatic rings. The zero-order chi connectivity index (χ0) is 12.5. The standard InChI is InChI=1S/C14H16N2O2/c1-18-11-8-6-10(7-9-11)16-14(17)12-4-2-3-5-13(12)15-16/h6-9,12H,2-5H2,1H3. The average molecular weight is 244 g/mol. The van der Waals surface area contributed by atoms with Gasteiger partial charge < -0.3 is 4.74 Å². The Balaban J connectivity index is 1.87. The number of methoxy groups -OCH3 is 1. The lowest BCUT2D eigenvalue weighted by Crippen LogP contribution is -2.28. The number of hydrazone groups is 1. The Bertz CT molecular complexity index is 493. The summed E-state index contributed by atoms with van der Waals surface area (Å²) in [5.41, 5.74) is 1.88. The van der Waals surface area contributed by atoms with Gasteiger partial charge in [-0.1, -0.05) is 6.42 Å². The van der Waals surface area contributed by atoms with Gasteiger partial charge in [-0.15, -0.1) is 0 Å². The number of rotatable bonds is 2. The van der Waals surface area contributed by atoms with Crippen LogP contribution in [0.5, 0.6) is 5.75 Å². The summed E-state index contributed by atoms with van der Waals surface area (Å²) >= 11 is 0. The highest BCUT2D eigenvalue weighted by molar-refractivity contribution is 6.15. The molecule has 1 saturated carbocycles. The van der Waals surface area contributed by atoms with E-state index in [1.165, 1.54) is 0 Å². The monoisotopic (exact) mass is 244 g/mol. The summed E-state index contributed by atoms with van der Waals surface area (Å²) in [4.78, 5) is 12.3. The van der Waals surface area contributed by atoms with Gasteiger partial charge in [-0.25, -0.2) is 5.01 Å². The van der Waals surface area contributed by atoms with Crippen molar-refractivity contribution in [1.82, 2.24) is 0 Å². The fourth-order valence-corrected chi connectivity index (χ4v) is 2.61. The van der Waals surface area contributed by atoms with Crippen LogP contribution in [0.3, 0.4) is 0 Å². The summed E-state index contributed by atoms with van der Waals surface area (Å²) in [7, 11) is 1.63. The molecule has 1 atom stereocenters. The minimum atomic E-state index is 0.0286. The number of nitrogens with zero attached hydrogens (tertiary/aromatic N) is 2. The summed E-state index contributed by atoms with van der Waals surface area (Å²) < 4.78 is 5.11. The minimum absolute atomic E-state index is 0.0286. The molecular formula is C14H16N2O2. The summed E-state index contributed by atoms with van der Waals surface area (Å²) in [5, 5.41) is 6.02. The van der Waals surface area contributed by atoms with E-state index in [4.69, 9.17) is 4.74 Å². The van der Waals surface area contributed by atoms with Crippen molar-refractivity contribution < 1.29 is 9.53 Å². The molecule has 1 heterocycles. The third-order valence-electron chi connectivity index (χ3n) is 3.63. The molecule has 18 heavy (non-hydrogen) atoms. The zero-order valence-corrected chi connectivity index (χ0v) is 10.4. The first-order valence-corrected chi connectivity index (χ1v) is 6.35. The van der Waals surface area contributed by atoms with E-state index >= 15 is 0 Å². The molecule has 3 rings (SSSR count). The van der Waals surface area contributed by atoms with Crippen molar-refractivity contribution in [3.63, 3.8) is 0 Å². The van der Waals surface area contributed by atoms with Crippen molar-refractivity contribution in [2.24, 2.45) is 11.0 Å². The van der Waals surface area contributed by atoms with E-state index in [0.29, 0.717) is 0 Å². The van der Waals surface area contributed by atoms with Gasteiger partial charge in [0.2, 0.25) is 0 Å². The van der Waals surface area contributed by atoms with Crippen LogP contribution in [-0.4, -0.2) is 18.7 Å². The summed E-state index contributed by atoms with van der Waals surface area (Å²) in [6.45, 7) is 0. The van der Waals surface area contributed by atoms with Crippen LogP contribution in [0, 0.1) is 5.92 Å². The molecular weight excluding hydrogens is 228 g/mol. The molecule has 0 radical (unpaired) electrons. The van der Waals surface area contributed by atoms with Gasteiger partial charge in [-0.2, -0.15) is 5.10 Å². The lowest BCUT2D eigenvalue weighted by Gasteiger charge is -2.17. The third kappa shape index (κ3) is 1.78. The van der Waals surface area contributed by atoms with Gasteiger partial charge >= 0.3 is 0 Å². The SMILES string of the molecule is COc1ccc(N2N=C3CCCCC3C2=O)cc1. The number of amides is 1. The number of benzene rings is 1. The van der Waals surface area contributed by atoms with Gasteiger partial charge in [0.25, 0.3) is 5.91 Å². The Morgan fingerprint density at radius 1 is 1.28 bits per heavy atom. The van der Waals surface area contributed by atoms with Crippen LogP contribution in [0.2, 0.25) is 0 Å². The first kappa shape index (κ1) is 11.3. The van der Waals surface area contributed by atoms with E-state index in [0.717, 1.165) is 42.8 Å². The van der Waals surface area contributed by atoms with Crippen LogP contribution in [0.1, 0.15) is 25.7 Å². The Morgan fingerprint density at radius 3 is 2.72 bits per heavy atom. The maximum absolute atomic E-state index is 12.3. The van der Waals surface area contributed by atoms with Gasteiger partial charge in [-0.05, 0) is 43.5 Å². The molecule has 0 spiro atoms. The minimum Gasteiger partial charge on any atom is -0.497 e. The maximum atomic E-state index is 12.3. The molecule has 1 aromatic carbocycles. The molecule has 1 aliphatic heterocycles. The molecule has 0 saturated heterocycles. The smallest absolute Gasteiger partial charge is 0.256 e. The molecule has 0 aromatic heterocycles. The highest BCUT2D eigenvalue weighted by atomic mass is 16.5. The Kier molecular flexibility index (Phi) is 2.78. The summed E-state index contributed by atoms with van der Waals surface area (Å²) in [6, 6.07) is 7.45. The number of anilines is 1. The van der Waals surface area contributed by atoms with Crippen LogP contribution in [0.15, 0.2) is 29.4 Å². The molecule has 1 unspecified atom stereocenters. The van der Waals surface area contributed by atoms with Crippen LogP contribution in [-0.2, 0) is 4.79 Å². The fraction of sp³-hybridized carbons (Fsp3) is 0.429. The highest BCUT2D eigenvalue weighted by Crippen LogP contribution is 2.32. The van der Waals surface area contributed by atoms with Crippen molar-refractivity contribution >= 4 is 17.3 Å². The van der Waals surface area contributed by atoms with Crippen molar-refractivity contribution in [2.75, 3.05) is 12.1 Å². The second-order valence-corrected chi connectivity index (χ2v) is 4.74. The van der Waals surface area contributed by atoms with Gasteiger partial charge in [0.15, 0.2) is 0 Å². The van der Waals surface area contributed by atoms with Crippen molar-refractivity contribution in [3.05, 3.63) is 24.3 Å². The number of hydrogen-bond donors (Lipinski definition) is 0. The topological polar surface area (TPSA) is 41.9 Å². The van der Waals surface area contributed by atoms with Crippen LogP contribution in [0.25, 0.3) is 0 Å². The van der Waals surface area contributed by atoms with Gasteiger partial charge in [0.1, 0.15) is 5.75 Å². The zero-order valence-electron chi connectivity index (χ0n) is 10.4. The summed E-state index contributed by atoms with van der Waals surface area (Å²) in [5.74, 6) is 0.936. The molecule has 0 bridgehead atoms. The van der Waals surface area contributed by atoms with Gasteiger partial charge in [-0.3, -0.25) is 4.79 Å². The van der Waals surface area contributed by atoms with Gasteiger partial charge in [0.05, 0.1) is 24.4 Å². The average Bonchev–Trinajstić information content (AvgIpc) is 2.77. The number of fused-ring (bicyclic) bond motifs is 1. The molecule has 1 fully saturated rings. The van der Waals surface area contributed by atoms with Crippen LogP contribution >= 0.6 is 0 Å². The largest absolute Gasteiger partial charge is 0.497 e. The fourth-order valence-electron chi connectivity index (χ4n) is 2.61. The molecule has 1 amide bonds. The third-order valence-corrected chi connectivity index (χ3v) is 3.63. The van der Waals surface area contributed by atoms with Crippen molar-refractivity contribution in [3.8, 4) is 5.75 Å². The Labute approximate surface area is 106 Å². The normalized spacial score (nSPS) is 22.7. The quantitative estimate of drug-likeness (QED) is 0.802. The number of carbonyl (C=O) groups is 1. The van der Waals surface area contributed by atoms with Crippen LogP contribution < -0.4 is 9.75 Å². The highest BCUT2D eigenvalue weighted by Gasteiger charge is 2.37. The van der Waals surface area contributed by atoms with Crippen molar-refractivity contribution in [2.45, 2.75) is 25.7 Å². The van der Waals surface area contributed by atoms with Crippen LogP contribution in [0.4, 0.5) is 5.69 Å². The predicted octanol–water partition coefficient (Wildman–Crippen LogP) is 2.59. The lowest BCUT2D eigenvalue weighted by atomic mass is 9.87. The van der Waals surface area contributed by atoms with E-state index in [1.54, 1.807) is 12.1 Å². The molecule has 0 N–H and O–H groups in total. The van der Waals surface area contributed by atoms with Crippen molar-refractivity contribution in [1.29, 1.82) is 0 Å².